The van der Waals surface area contributed by atoms with Crippen molar-refractivity contribution in [3.05, 3.63) is 16.5 Å². The van der Waals surface area contributed by atoms with Gasteiger partial charge in [-0.3, -0.25) is 0 Å². The molecule has 0 aliphatic heterocycles. The standard InChI is InChI=1S/C13H19NO5S2/c1-7-5-10(20-11(7)12(15)16)21(17,18)14-8-6-9(19-4)13(8,2)3/h5,8-9,14H,6H2,1-4H3,(H,15,16). The van der Waals surface area contributed by atoms with Gasteiger partial charge in [-0.1, -0.05) is 13.8 Å². The first-order chi connectivity index (χ1) is 9.59. The van der Waals surface area contributed by atoms with E-state index < -0.39 is 16.0 Å². The molecule has 0 bridgehead atoms. The van der Waals surface area contributed by atoms with Gasteiger partial charge < -0.3 is 9.84 Å². The average Bonchev–Trinajstić information content (AvgIpc) is 2.77. The largest absolute Gasteiger partial charge is 0.477 e. The summed E-state index contributed by atoms with van der Waals surface area (Å²) in [6.07, 6.45) is 0.628. The van der Waals surface area contributed by atoms with Crippen LogP contribution in [0.25, 0.3) is 0 Å². The fraction of sp³-hybridized carbons (Fsp3) is 0.615. The molecule has 21 heavy (non-hydrogen) atoms. The normalized spacial score (nSPS) is 24.6. The topological polar surface area (TPSA) is 92.7 Å². The highest BCUT2D eigenvalue weighted by Crippen LogP contribution is 2.43. The van der Waals surface area contributed by atoms with Gasteiger partial charge >= 0.3 is 5.97 Å². The molecule has 0 aromatic carbocycles. The molecule has 118 valence electrons. The Kier molecular flexibility index (Phi) is 4.18. The monoisotopic (exact) mass is 333 g/mol. The zero-order valence-corrected chi connectivity index (χ0v) is 14.0. The van der Waals surface area contributed by atoms with E-state index in [1.807, 2.05) is 13.8 Å². The SMILES string of the molecule is COC1CC(NS(=O)(=O)c2cc(C)c(C(=O)O)s2)C1(C)C. The predicted octanol–water partition coefficient (Wildman–Crippen LogP) is 1.85. The van der Waals surface area contributed by atoms with Crippen molar-refractivity contribution in [1.82, 2.24) is 4.72 Å². The van der Waals surface area contributed by atoms with Crippen molar-refractivity contribution < 1.29 is 23.1 Å². The average molecular weight is 333 g/mol. The molecular weight excluding hydrogens is 314 g/mol. The third-order valence-corrected chi connectivity index (χ3v) is 7.28. The quantitative estimate of drug-likeness (QED) is 0.858. The zero-order valence-electron chi connectivity index (χ0n) is 12.3. The molecule has 2 atom stereocenters. The van der Waals surface area contributed by atoms with Crippen LogP contribution in [0.4, 0.5) is 0 Å². The number of thiophene rings is 1. The number of rotatable bonds is 5. The maximum absolute atomic E-state index is 12.4. The summed E-state index contributed by atoms with van der Waals surface area (Å²) in [5.41, 5.74) is 0.166. The minimum atomic E-state index is -3.71. The molecule has 1 fully saturated rings. The van der Waals surface area contributed by atoms with Crippen LogP contribution in [0.3, 0.4) is 0 Å². The van der Waals surface area contributed by atoms with Gasteiger partial charge in [-0.2, -0.15) is 0 Å². The van der Waals surface area contributed by atoms with Crippen LogP contribution in [0.15, 0.2) is 10.3 Å². The van der Waals surface area contributed by atoms with E-state index in [1.54, 1.807) is 14.0 Å². The summed E-state index contributed by atoms with van der Waals surface area (Å²) in [6, 6.07) is 1.18. The summed E-state index contributed by atoms with van der Waals surface area (Å²) >= 11 is 0.777. The number of methoxy groups -OCH3 is 1. The van der Waals surface area contributed by atoms with Crippen LogP contribution in [-0.4, -0.2) is 38.7 Å². The van der Waals surface area contributed by atoms with Crippen LogP contribution in [-0.2, 0) is 14.8 Å². The van der Waals surface area contributed by atoms with Crippen molar-refractivity contribution in [3.8, 4) is 0 Å². The first kappa shape index (κ1) is 16.4. The Balaban J connectivity index is 2.21. The van der Waals surface area contributed by atoms with Crippen LogP contribution in [0.2, 0.25) is 0 Å². The fourth-order valence-corrected chi connectivity index (χ4v) is 5.33. The van der Waals surface area contributed by atoms with E-state index in [0.717, 1.165) is 11.3 Å². The molecule has 1 heterocycles. The maximum atomic E-state index is 12.4. The molecule has 1 aromatic heterocycles. The number of aromatic carboxylic acids is 1. The Hall–Kier alpha value is -0.960. The Labute approximate surface area is 128 Å². The second-order valence-corrected chi connectivity index (χ2v) is 8.83. The van der Waals surface area contributed by atoms with Crippen molar-refractivity contribution in [2.45, 2.75) is 43.5 Å². The zero-order chi connectivity index (χ0) is 16.0. The number of carbonyl (C=O) groups is 1. The van der Waals surface area contributed by atoms with Crippen molar-refractivity contribution in [3.63, 3.8) is 0 Å². The highest BCUT2D eigenvalue weighted by Gasteiger charge is 2.50. The molecule has 8 heteroatoms. The van der Waals surface area contributed by atoms with E-state index in [0.29, 0.717) is 12.0 Å². The Morgan fingerprint density at radius 1 is 1.52 bits per heavy atom. The number of nitrogens with one attached hydrogen (secondary N) is 1. The van der Waals surface area contributed by atoms with Crippen molar-refractivity contribution >= 4 is 27.3 Å². The van der Waals surface area contributed by atoms with Gasteiger partial charge in [0.1, 0.15) is 9.09 Å². The first-order valence-electron chi connectivity index (χ1n) is 6.48. The summed E-state index contributed by atoms with van der Waals surface area (Å²) in [4.78, 5) is 11.1. The number of carboxylic acid groups (broad SMARTS) is 1. The lowest BCUT2D eigenvalue weighted by molar-refractivity contribution is -0.0908. The number of hydrogen-bond donors (Lipinski definition) is 2. The number of hydrogen-bond acceptors (Lipinski definition) is 5. The highest BCUT2D eigenvalue weighted by molar-refractivity contribution is 7.91. The van der Waals surface area contributed by atoms with Gasteiger partial charge in [-0.05, 0) is 25.0 Å². The summed E-state index contributed by atoms with van der Waals surface area (Å²) in [5, 5.41) is 9.01. The van der Waals surface area contributed by atoms with E-state index in [1.165, 1.54) is 6.07 Å². The minimum Gasteiger partial charge on any atom is -0.477 e. The number of sulfonamides is 1. The highest BCUT2D eigenvalue weighted by atomic mass is 32.2. The van der Waals surface area contributed by atoms with E-state index >= 15 is 0 Å². The fourth-order valence-electron chi connectivity index (χ4n) is 2.53. The lowest BCUT2D eigenvalue weighted by Crippen LogP contribution is -2.61. The molecule has 0 radical (unpaired) electrons. The van der Waals surface area contributed by atoms with Gasteiger partial charge in [0.25, 0.3) is 0 Å². The maximum Gasteiger partial charge on any atom is 0.346 e. The van der Waals surface area contributed by atoms with E-state index in [9.17, 15) is 13.2 Å². The molecule has 0 spiro atoms. The van der Waals surface area contributed by atoms with Gasteiger partial charge in [0, 0.05) is 18.6 Å². The second kappa shape index (κ2) is 5.35. The lowest BCUT2D eigenvalue weighted by Gasteiger charge is -2.50. The molecular formula is C13H19NO5S2. The van der Waals surface area contributed by atoms with E-state index in [2.05, 4.69) is 4.72 Å². The van der Waals surface area contributed by atoms with Gasteiger partial charge in [0.05, 0.1) is 6.10 Å². The third kappa shape index (κ3) is 2.85. The number of ether oxygens (including phenoxy) is 1. The number of carboxylic acids is 1. The molecule has 1 aliphatic rings. The molecule has 0 saturated heterocycles. The summed E-state index contributed by atoms with van der Waals surface area (Å²) in [7, 11) is -2.10. The van der Waals surface area contributed by atoms with Crippen molar-refractivity contribution in [2.24, 2.45) is 5.41 Å². The molecule has 2 unspecified atom stereocenters. The Morgan fingerprint density at radius 3 is 2.57 bits per heavy atom. The molecule has 2 rings (SSSR count). The van der Waals surface area contributed by atoms with E-state index in [4.69, 9.17) is 9.84 Å². The number of aryl methyl sites for hydroxylation is 1. The predicted molar refractivity (Wildman–Crippen MR) is 79.3 cm³/mol. The lowest BCUT2D eigenvalue weighted by atomic mass is 9.65. The smallest absolute Gasteiger partial charge is 0.346 e. The summed E-state index contributed by atoms with van der Waals surface area (Å²) in [6.45, 7) is 5.48. The summed E-state index contributed by atoms with van der Waals surface area (Å²) in [5.74, 6) is -1.11. The van der Waals surface area contributed by atoms with Gasteiger partial charge in [0.15, 0.2) is 0 Å². The van der Waals surface area contributed by atoms with Gasteiger partial charge in [-0.25, -0.2) is 17.9 Å². The van der Waals surface area contributed by atoms with E-state index in [-0.39, 0.29) is 26.6 Å². The van der Waals surface area contributed by atoms with Gasteiger partial charge in [-0.15, -0.1) is 11.3 Å². The molecule has 2 N–H and O–H groups in total. The third-order valence-electron chi connectivity index (χ3n) is 4.11. The molecule has 1 aliphatic carbocycles. The molecule has 1 aromatic rings. The van der Waals surface area contributed by atoms with Crippen LogP contribution >= 0.6 is 11.3 Å². The second-order valence-electron chi connectivity index (χ2n) is 5.84. The Bertz CT molecular complexity index is 662. The Morgan fingerprint density at radius 2 is 2.14 bits per heavy atom. The van der Waals surface area contributed by atoms with Crippen LogP contribution in [0, 0.1) is 12.3 Å². The first-order valence-corrected chi connectivity index (χ1v) is 8.78. The van der Waals surface area contributed by atoms with Crippen LogP contribution in [0.5, 0.6) is 0 Å². The molecule has 6 nitrogen and oxygen atoms in total. The molecule has 1 saturated carbocycles. The minimum absolute atomic E-state index is 0.0184. The van der Waals surface area contributed by atoms with Crippen molar-refractivity contribution in [1.29, 1.82) is 0 Å². The summed E-state index contributed by atoms with van der Waals surface area (Å²) < 4.78 is 32.7. The van der Waals surface area contributed by atoms with Crippen molar-refractivity contribution in [2.75, 3.05) is 7.11 Å². The van der Waals surface area contributed by atoms with Crippen LogP contribution in [0.1, 0.15) is 35.5 Å². The molecule has 0 amide bonds. The van der Waals surface area contributed by atoms with Gasteiger partial charge in [0.2, 0.25) is 10.0 Å². The van der Waals surface area contributed by atoms with Crippen LogP contribution < -0.4 is 4.72 Å².